The zero-order valence-electron chi connectivity index (χ0n) is 15.8. The molecule has 0 spiro atoms. The molecule has 1 aromatic carbocycles. The van der Waals surface area contributed by atoms with Gasteiger partial charge in [-0.3, -0.25) is 9.79 Å². The van der Waals surface area contributed by atoms with Gasteiger partial charge in [-0.1, -0.05) is 25.1 Å². The fraction of sp³-hybridized carbons (Fsp3) is 0.500. The molecule has 7 nitrogen and oxygen atoms in total. The SMILES string of the molecule is CCC(Oc1ccccc1)C([O-])=N[C@@H]1C(=O)N2[C@@H]1SC(C)(C)[C@@H]2C(=O)O.[K+]. The molecule has 0 saturated carbocycles. The summed E-state index contributed by atoms with van der Waals surface area (Å²) >= 11 is 1.37. The maximum absolute atomic E-state index is 12.5. The van der Waals surface area contributed by atoms with Crippen LogP contribution >= 0.6 is 11.8 Å². The molecule has 1 N–H and O–H groups in total. The Morgan fingerprint density at radius 2 is 2.04 bits per heavy atom. The van der Waals surface area contributed by atoms with Gasteiger partial charge in [0.05, 0.1) is 0 Å². The van der Waals surface area contributed by atoms with Crippen molar-refractivity contribution in [2.75, 3.05) is 0 Å². The molecular weight excluding hydrogens is 395 g/mol. The molecule has 140 valence electrons. The van der Waals surface area contributed by atoms with Gasteiger partial charge in [-0.25, -0.2) is 4.79 Å². The second kappa shape index (κ2) is 8.83. The number of amides is 1. The largest absolute Gasteiger partial charge is 1.00 e. The first kappa shape index (κ1) is 22.7. The van der Waals surface area contributed by atoms with Gasteiger partial charge in [-0.15, -0.1) is 11.8 Å². The molecule has 2 aliphatic heterocycles. The minimum Gasteiger partial charge on any atom is -0.859 e. The molecule has 4 atom stereocenters. The molecule has 2 fully saturated rings. The Bertz CT molecular complexity index is 743. The van der Waals surface area contributed by atoms with E-state index in [9.17, 15) is 19.8 Å². The van der Waals surface area contributed by atoms with Crippen molar-refractivity contribution in [1.82, 2.24) is 4.90 Å². The van der Waals surface area contributed by atoms with Gasteiger partial charge in [-0.2, -0.15) is 0 Å². The summed E-state index contributed by atoms with van der Waals surface area (Å²) in [6.07, 6.45) is -0.350. The monoisotopic (exact) mass is 416 g/mol. The Balaban J connectivity index is 0.00000261. The van der Waals surface area contributed by atoms with E-state index >= 15 is 0 Å². The number of hydrogen-bond acceptors (Lipinski definition) is 6. The van der Waals surface area contributed by atoms with Gasteiger partial charge in [0.2, 0.25) is 0 Å². The standard InChI is InChI=1S/C18H22N2O5S.K/c1-4-11(25-10-8-6-5-7-9-10)14(21)19-12-15(22)20-13(17(23)24)18(2,3)26-16(12)20;/h5-9,11-13,16H,4H2,1-3H3,(H,19,21)(H,23,24);/q;+1/p-1/t11?,12-,13+,16-;/m1./s1. The molecule has 1 aromatic rings. The van der Waals surface area contributed by atoms with E-state index in [1.165, 1.54) is 16.7 Å². The number of carboxylic acid groups (broad SMARTS) is 1. The van der Waals surface area contributed by atoms with Gasteiger partial charge in [0.25, 0.3) is 5.91 Å². The number of benzene rings is 1. The first-order chi connectivity index (χ1) is 12.3. The zero-order valence-corrected chi connectivity index (χ0v) is 19.7. The molecule has 0 aliphatic carbocycles. The van der Waals surface area contributed by atoms with Gasteiger partial charge < -0.3 is 19.8 Å². The van der Waals surface area contributed by atoms with Crippen molar-refractivity contribution in [3.63, 3.8) is 0 Å². The van der Waals surface area contributed by atoms with Crippen LogP contribution in [0.5, 0.6) is 5.75 Å². The van der Waals surface area contributed by atoms with E-state index in [1.54, 1.807) is 38.1 Å². The first-order valence-corrected chi connectivity index (χ1v) is 9.33. The molecule has 0 radical (unpaired) electrons. The first-order valence-electron chi connectivity index (χ1n) is 8.45. The summed E-state index contributed by atoms with van der Waals surface area (Å²) in [6, 6.07) is 7.21. The van der Waals surface area contributed by atoms with E-state index in [0.717, 1.165) is 0 Å². The fourth-order valence-corrected chi connectivity index (χ4v) is 4.91. The Morgan fingerprint density at radius 1 is 1.41 bits per heavy atom. The maximum atomic E-state index is 12.5. The van der Waals surface area contributed by atoms with E-state index < -0.39 is 46.1 Å². The second-order valence-corrected chi connectivity index (χ2v) is 8.61. The molecule has 2 heterocycles. The quantitative estimate of drug-likeness (QED) is 0.252. The van der Waals surface area contributed by atoms with Crippen molar-refractivity contribution in [2.24, 2.45) is 4.99 Å². The number of para-hydroxylation sites is 1. The number of carbonyl (C=O) groups excluding carboxylic acids is 1. The molecule has 1 unspecified atom stereocenters. The Morgan fingerprint density at radius 3 is 2.59 bits per heavy atom. The topological polar surface area (TPSA) is 102 Å². The molecule has 2 saturated heterocycles. The molecule has 9 heteroatoms. The van der Waals surface area contributed by atoms with Gasteiger partial charge in [0.1, 0.15) is 23.3 Å². The van der Waals surface area contributed by atoms with Crippen LogP contribution in [0.3, 0.4) is 0 Å². The minimum atomic E-state index is -1.04. The summed E-state index contributed by atoms with van der Waals surface area (Å²) < 4.78 is 5.04. The molecule has 3 rings (SSSR count). The van der Waals surface area contributed by atoms with Crippen LogP contribution in [0, 0.1) is 0 Å². The van der Waals surface area contributed by atoms with Crippen LogP contribution in [-0.2, 0) is 9.59 Å². The summed E-state index contributed by atoms with van der Waals surface area (Å²) in [7, 11) is 0. The third-order valence-corrected chi connectivity index (χ3v) is 6.14. The van der Waals surface area contributed by atoms with Crippen LogP contribution in [0.25, 0.3) is 0 Å². The Hall–Kier alpha value is -0.584. The number of fused-ring (bicyclic) bond motifs is 1. The van der Waals surface area contributed by atoms with Crippen molar-refractivity contribution >= 4 is 29.5 Å². The summed E-state index contributed by atoms with van der Waals surface area (Å²) in [6.45, 7) is 5.38. The molecule has 0 aromatic heterocycles. The second-order valence-electron chi connectivity index (χ2n) is 6.84. The van der Waals surface area contributed by atoms with E-state index in [-0.39, 0.29) is 51.4 Å². The number of hydrogen-bond donors (Lipinski definition) is 1. The predicted octanol–water partition coefficient (Wildman–Crippen LogP) is -1.88. The van der Waals surface area contributed by atoms with Gasteiger partial charge in [0, 0.05) is 10.6 Å². The average Bonchev–Trinajstić information content (AvgIpc) is 2.86. The smallest absolute Gasteiger partial charge is 0.859 e. The maximum Gasteiger partial charge on any atom is 1.00 e. The number of carboxylic acids is 1. The normalized spacial score (nSPS) is 27.2. The zero-order chi connectivity index (χ0) is 19.1. The number of rotatable bonds is 6. The van der Waals surface area contributed by atoms with E-state index in [1.807, 2.05) is 13.0 Å². The van der Waals surface area contributed by atoms with Crippen molar-refractivity contribution < 1.29 is 75.9 Å². The summed E-state index contributed by atoms with van der Waals surface area (Å²) in [4.78, 5) is 29.3. The minimum absolute atomic E-state index is 0. The van der Waals surface area contributed by atoms with Gasteiger partial charge in [-0.05, 0) is 32.4 Å². The number of aliphatic carboxylic acids is 1. The number of carbonyl (C=O) groups is 2. The predicted molar refractivity (Wildman–Crippen MR) is 96.1 cm³/mol. The average molecular weight is 417 g/mol. The third kappa shape index (κ3) is 4.38. The number of nitrogens with zero attached hydrogens (tertiary/aromatic N) is 2. The van der Waals surface area contributed by atoms with Crippen LogP contribution < -0.4 is 61.2 Å². The Kier molecular flexibility index (Phi) is 7.43. The van der Waals surface area contributed by atoms with E-state index in [4.69, 9.17) is 4.74 Å². The van der Waals surface area contributed by atoms with Gasteiger partial charge in [0.15, 0.2) is 6.04 Å². The third-order valence-electron chi connectivity index (χ3n) is 4.58. The number of thioether (sulfide) groups is 1. The summed E-state index contributed by atoms with van der Waals surface area (Å²) in [5, 5.41) is 21.5. The van der Waals surface area contributed by atoms with Crippen LogP contribution in [0.1, 0.15) is 27.2 Å². The number of ether oxygens (including phenoxy) is 1. The number of β-lactam (4-membered cyclic amide) rings is 1. The van der Waals surface area contributed by atoms with E-state index in [2.05, 4.69) is 4.99 Å². The van der Waals surface area contributed by atoms with Crippen molar-refractivity contribution in [1.29, 1.82) is 0 Å². The Labute approximate surface area is 205 Å². The molecular formula is C18H21KN2O5S. The van der Waals surface area contributed by atoms with Gasteiger partial charge >= 0.3 is 57.4 Å². The van der Waals surface area contributed by atoms with Crippen molar-refractivity contribution in [2.45, 2.75) is 55.5 Å². The molecule has 1 amide bonds. The fourth-order valence-electron chi connectivity index (χ4n) is 3.30. The molecule has 0 bridgehead atoms. The van der Waals surface area contributed by atoms with Crippen molar-refractivity contribution in [3.05, 3.63) is 30.3 Å². The molecule has 27 heavy (non-hydrogen) atoms. The van der Waals surface area contributed by atoms with Crippen LogP contribution in [0.2, 0.25) is 0 Å². The summed E-state index contributed by atoms with van der Waals surface area (Å²) in [5.41, 5.74) is 0. The van der Waals surface area contributed by atoms with Crippen LogP contribution in [-0.4, -0.2) is 56.1 Å². The van der Waals surface area contributed by atoms with Crippen LogP contribution in [0.4, 0.5) is 0 Å². The number of aliphatic imine (C=N–C) groups is 1. The van der Waals surface area contributed by atoms with E-state index in [0.29, 0.717) is 12.2 Å². The molecule has 2 aliphatic rings. The van der Waals surface area contributed by atoms with Crippen molar-refractivity contribution in [3.8, 4) is 5.75 Å². The van der Waals surface area contributed by atoms with Crippen LogP contribution in [0.15, 0.2) is 35.3 Å². The summed E-state index contributed by atoms with van der Waals surface area (Å²) in [5.74, 6) is -1.39.